The number of hydrogen-bond acceptors (Lipinski definition) is 8. The van der Waals surface area contributed by atoms with Gasteiger partial charge in [-0.1, -0.05) is 17.7 Å². The van der Waals surface area contributed by atoms with E-state index in [9.17, 15) is 9.90 Å². The fourth-order valence-corrected chi connectivity index (χ4v) is 4.64. The molecule has 12 heteroatoms. The van der Waals surface area contributed by atoms with Crippen molar-refractivity contribution in [3.63, 3.8) is 0 Å². The molecular weight excluding hydrogens is 496 g/mol. The Labute approximate surface area is 216 Å². The summed E-state index contributed by atoms with van der Waals surface area (Å²) < 4.78 is 7.64. The molecule has 1 aromatic carbocycles. The van der Waals surface area contributed by atoms with Crippen molar-refractivity contribution in [2.24, 2.45) is 4.99 Å². The van der Waals surface area contributed by atoms with Crippen molar-refractivity contribution in [2.45, 2.75) is 31.7 Å². The minimum absolute atomic E-state index is 0.238. The van der Waals surface area contributed by atoms with Gasteiger partial charge in [0.15, 0.2) is 11.1 Å². The summed E-state index contributed by atoms with van der Waals surface area (Å²) in [4.78, 5) is 28.3. The van der Waals surface area contributed by atoms with E-state index in [1.165, 1.54) is 12.8 Å². The summed E-state index contributed by atoms with van der Waals surface area (Å²) in [6.07, 6.45) is 7.78. The number of nitrogens with zero attached hydrogens (tertiary/aromatic N) is 5. The molecule has 1 aliphatic heterocycles. The second-order valence-electron chi connectivity index (χ2n) is 9.32. The predicted octanol–water partition coefficient (Wildman–Crippen LogP) is 1.93. The Hall–Kier alpha value is -3.83. The number of likely N-dealkylation sites (tertiary alicyclic amines) is 1. The topological polar surface area (TPSA) is 136 Å². The number of aromatic hydroxyl groups is 1. The molecule has 0 radical (unpaired) electrons. The monoisotopic (exact) mass is 522 g/mol. The van der Waals surface area contributed by atoms with Gasteiger partial charge < -0.3 is 20.1 Å². The molecule has 3 aromatic heterocycles. The summed E-state index contributed by atoms with van der Waals surface area (Å²) in [6.45, 7) is 3.69. The minimum Gasteiger partial charge on any atom is -0.493 e. The van der Waals surface area contributed by atoms with E-state index in [0.29, 0.717) is 45.2 Å². The van der Waals surface area contributed by atoms with Crippen molar-refractivity contribution in [3.05, 3.63) is 62.4 Å². The van der Waals surface area contributed by atoms with Crippen molar-refractivity contribution in [3.8, 4) is 11.6 Å². The summed E-state index contributed by atoms with van der Waals surface area (Å²) in [6, 6.07) is 7.70. The summed E-state index contributed by atoms with van der Waals surface area (Å²) >= 11 is 6.70. The number of fused-ring (bicyclic) bond motifs is 1. The first-order chi connectivity index (χ1) is 18.0. The molecule has 1 saturated carbocycles. The molecule has 1 saturated heterocycles. The highest BCUT2D eigenvalue weighted by molar-refractivity contribution is 6.34. The Kier molecular flexibility index (Phi) is 6.31. The standard InChI is InChI=1S/C25H27ClN8O3/c26-22-17(4-3-5-19(22)37-11-10-33-8-1-2-9-33)29-20-13-21(28-16-6-7-16)34-23(31-20)15(14-27-34)12-18-24(35)32-25(36)30-18/h3-5,12-14,16,29,35H,1-2,6-11H2,(H2,30,32,36)/b15-12-,28-21?. The predicted molar refractivity (Wildman–Crippen MR) is 139 cm³/mol. The van der Waals surface area contributed by atoms with E-state index >= 15 is 0 Å². The van der Waals surface area contributed by atoms with Crippen LogP contribution < -0.4 is 26.4 Å². The van der Waals surface area contributed by atoms with Crippen LogP contribution in [0.5, 0.6) is 11.6 Å². The third-order valence-electron chi connectivity index (χ3n) is 6.47. The molecule has 0 spiro atoms. The summed E-state index contributed by atoms with van der Waals surface area (Å²) in [5.74, 6) is 0.889. The van der Waals surface area contributed by atoms with E-state index in [1.807, 2.05) is 24.3 Å². The fourth-order valence-electron chi connectivity index (χ4n) is 4.41. The van der Waals surface area contributed by atoms with Crippen LogP contribution in [0.15, 0.2) is 40.2 Å². The Balaban J connectivity index is 1.33. The Morgan fingerprint density at radius 3 is 2.86 bits per heavy atom. The maximum atomic E-state index is 11.6. The van der Waals surface area contributed by atoms with Crippen LogP contribution in [0.3, 0.4) is 0 Å². The zero-order valence-corrected chi connectivity index (χ0v) is 20.8. The van der Waals surface area contributed by atoms with Gasteiger partial charge >= 0.3 is 5.69 Å². The zero-order valence-electron chi connectivity index (χ0n) is 20.1. The molecule has 4 N–H and O–H groups in total. The maximum absolute atomic E-state index is 11.6. The fraction of sp³-hybridized carbons (Fsp3) is 0.360. The van der Waals surface area contributed by atoms with E-state index in [1.54, 1.807) is 16.8 Å². The summed E-state index contributed by atoms with van der Waals surface area (Å²) in [5.41, 5.74) is 1.56. The first-order valence-electron chi connectivity index (χ1n) is 12.4. The SMILES string of the molecule is O=c1[nH]c(O)c(/C=c2/cnn3c(=NC4CC4)cc(Nc4cccc(OCCN5CCCC5)c4Cl)nc23)[nH]1. The highest BCUT2D eigenvalue weighted by atomic mass is 35.5. The minimum atomic E-state index is -0.503. The van der Waals surface area contributed by atoms with Crippen LogP contribution in [0.4, 0.5) is 11.5 Å². The Morgan fingerprint density at radius 2 is 2.11 bits per heavy atom. The third-order valence-corrected chi connectivity index (χ3v) is 6.86. The van der Waals surface area contributed by atoms with Gasteiger partial charge in [-0.25, -0.2) is 9.78 Å². The molecule has 11 nitrogen and oxygen atoms in total. The van der Waals surface area contributed by atoms with Crippen LogP contribution in [0.1, 0.15) is 31.4 Å². The van der Waals surface area contributed by atoms with Crippen molar-refractivity contribution < 1.29 is 9.84 Å². The molecule has 192 valence electrons. The van der Waals surface area contributed by atoms with Crippen molar-refractivity contribution in [1.82, 2.24) is 29.5 Å². The number of halogens is 1. The molecule has 0 atom stereocenters. The van der Waals surface area contributed by atoms with Crippen molar-refractivity contribution >= 4 is 34.8 Å². The number of rotatable bonds is 8. The van der Waals surface area contributed by atoms with E-state index in [2.05, 4.69) is 25.3 Å². The first kappa shape index (κ1) is 23.6. The molecule has 2 fully saturated rings. The number of ether oxygens (including phenoxy) is 1. The molecule has 0 bridgehead atoms. The molecule has 1 aliphatic carbocycles. The molecule has 0 unspecified atom stereocenters. The van der Waals surface area contributed by atoms with Gasteiger partial charge in [0, 0.05) is 17.8 Å². The average Bonchev–Trinajstić information content (AvgIpc) is 3.22. The van der Waals surface area contributed by atoms with Gasteiger partial charge in [0.2, 0.25) is 5.88 Å². The third kappa shape index (κ3) is 5.18. The lowest BCUT2D eigenvalue weighted by atomic mass is 10.3. The lowest BCUT2D eigenvalue weighted by Gasteiger charge is -2.16. The number of hydrogen-bond donors (Lipinski definition) is 4. The molecule has 2 aliphatic rings. The van der Waals surface area contributed by atoms with Gasteiger partial charge in [-0.15, -0.1) is 0 Å². The van der Waals surface area contributed by atoms with E-state index in [4.69, 9.17) is 26.3 Å². The summed E-state index contributed by atoms with van der Waals surface area (Å²) in [5, 5.41) is 18.8. The van der Waals surface area contributed by atoms with Crippen LogP contribution in [-0.4, -0.2) is 66.9 Å². The number of benzene rings is 1. The van der Waals surface area contributed by atoms with Gasteiger partial charge in [0.25, 0.3) is 0 Å². The van der Waals surface area contributed by atoms with Crippen LogP contribution in [0.2, 0.25) is 5.02 Å². The lowest BCUT2D eigenvalue weighted by Crippen LogP contribution is -2.25. The highest BCUT2D eigenvalue weighted by Crippen LogP contribution is 2.33. The number of H-pyrrole nitrogens is 2. The second kappa shape index (κ2) is 9.91. The summed E-state index contributed by atoms with van der Waals surface area (Å²) in [7, 11) is 0. The highest BCUT2D eigenvalue weighted by Gasteiger charge is 2.20. The van der Waals surface area contributed by atoms with Gasteiger partial charge in [0.1, 0.15) is 28.9 Å². The number of anilines is 2. The van der Waals surface area contributed by atoms with E-state index < -0.39 is 5.69 Å². The number of imidazole rings is 1. The smallest absolute Gasteiger partial charge is 0.326 e. The number of aromatic nitrogens is 5. The van der Waals surface area contributed by atoms with Crippen molar-refractivity contribution in [2.75, 3.05) is 31.6 Å². The van der Waals surface area contributed by atoms with Gasteiger partial charge in [-0.05, 0) is 57.0 Å². The normalized spacial score (nSPS) is 17.2. The quantitative estimate of drug-likeness (QED) is 0.277. The maximum Gasteiger partial charge on any atom is 0.326 e. The number of aromatic amines is 2. The van der Waals surface area contributed by atoms with E-state index in [0.717, 1.165) is 32.5 Å². The second-order valence-corrected chi connectivity index (χ2v) is 9.70. The Morgan fingerprint density at radius 1 is 1.27 bits per heavy atom. The van der Waals surface area contributed by atoms with Gasteiger partial charge in [0.05, 0.1) is 17.9 Å². The Bertz CT molecular complexity index is 1620. The molecule has 37 heavy (non-hydrogen) atoms. The van der Waals surface area contributed by atoms with Crippen LogP contribution in [0, 0.1) is 0 Å². The first-order valence-corrected chi connectivity index (χ1v) is 12.8. The molecule has 4 heterocycles. The largest absolute Gasteiger partial charge is 0.493 e. The number of nitrogens with one attached hydrogen (secondary N) is 3. The molecule has 0 amide bonds. The van der Waals surface area contributed by atoms with Crippen LogP contribution in [-0.2, 0) is 0 Å². The average molecular weight is 523 g/mol. The molecule has 4 aromatic rings. The van der Waals surface area contributed by atoms with Gasteiger partial charge in [-0.2, -0.15) is 9.61 Å². The van der Waals surface area contributed by atoms with Crippen LogP contribution >= 0.6 is 11.6 Å². The van der Waals surface area contributed by atoms with Gasteiger partial charge in [-0.3, -0.25) is 14.9 Å². The molecular formula is C25H27ClN8O3. The van der Waals surface area contributed by atoms with Crippen molar-refractivity contribution in [1.29, 1.82) is 0 Å². The van der Waals surface area contributed by atoms with Crippen LogP contribution in [0.25, 0.3) is 11.7 Å². The lowest BCUT2D eigenvalue weighted by molar-refractivity contribution is 0.238. The molecule has 6 rings (SSSR count). The van der Waals surface area contributed by atoms with E-state index in [-0.39, 0.29) is 17.6 Å². The zero-order chi connectivity index (χ0) is 25.4.